The molecule has 8 heteroatoms. The van der Waals surface area contributed by atoms with Crippen molar-refractivity contribution in [3.05, 3.63) is 30.4 Å². The Morgan fingerprint density at radius 3 is 2.70 bits per heavy atom. The van der Waals surface area contributed by atoms with Gasteiger partial charge in [0.1, 0.15) is 4.90 Å². The largest absolute Gasteiger partial charge is 0.271 e. The van der Waals surface area contributed by atoms with Gasteiger partial charge in [0, 0.05) is 33.0 Å². The molecular formula is C12H19N5O2S. The summed E-state index contributed by atoms with van der Waals surface area (Å²) in [6.07, 6.45) is 5.52. The quantitative estimate of drug-likeness (QED) is 0.792. The lowest BCUT2D eigenvalue weighted by Gasteiger charge is -2.15. The van der Waals surface area contributed by atoms with Crippen LogP contribution in [0.1, 0.15) is 19.0 Å². The monoisotopic (exact) mass is 297 g/mol. The predicted octanol–water partition coefficient (Wildman–Crippen LogP) is 0.847. The Kier molecular flexibility index (Phi) is 4.24. The summed E-state index contributed by atoms with van der Waals surface area (Å²) in [5, 5.41) is 8.09. The van der Waals surface area contributed by atoms with Crippen molar-refractivity contribution in [3.63, 3.8) is 0 Å². The Balaban J connectivity index is 2.18. The Morgan fingerprint density at radius 1 is 1.35 bits per heavy atom. The normalized spacial score (nSPS) is 12.2. The van der Waals surface area contributed by atoms with Crippen molar-refractivity contribution in [2.75, 3.05) is 7.05 Å². The second-order valence-electron chi connectivity index (χ2n) is 4.65. The van der Waals surface area contributed by atoms with E-state index in [1.54, 1.807) is 41.9 Å². The van der Waals surface area contributed by atoms with E-state index < -0.39 is 10.0 Å². The summed E-state index contributed by atoms with van der Waals surface area (Å²) in [6, 6.07) is 1.80. The number of aryl methyl sites for hydroxylation is 2. The molecule has 0 aliphatic carbocycles. The average molecular weight is 297 g/mol. The molecule has 2 heterocycles. The molecule has 0 aromatic carbocycles. The van der Waals surface area contributed by atoms with Crippen LogP contribution in [0.5, 0.6) is 0 Å². The van der Waals surface area contributed by atoms with Gasteiger partial charge in [-0.3, -0.25) is 9.36 Å². The van der Waals surface area contributed by atoms with Crippen LogP contribution in [-0.4, -0.2) is 39.3 Å². The summed E-state index contributed by atoms with van der Waals surface area (Å²) < 4.78 is 29.5. The Hall–Kier alpha value is -1.67. The van der Waals surface area contributed by atoms with Gasteiger partial charge in [0.15, 0.2) is 0 Å². The highest BCUT2D eigenvalue weighted by Crippen LogP contribution is 2.15. The van der Waals surface area contributed by atoms with Crippen LogP contribution in [0.2, 0.25) is 0 Å². The van der Waals surface area contributed by atoms with Crippen molar-refractivity contribution in [3.8, 4) is 0 Å². The smallest absolute Gasteiger partial charge is 0.246 e. The van der Waals surface area contributed by atoms with Gasteiger partial charge in [0.2, 0.25) is 10.0 Å². The molecule has 0 atom stereocenters. The highest BCUT2D eigenvalue weighted by atomic mass is 32.2. The minimum Gasteiger partial charge on any atom is -0.271 e. The molecule has 0 saturated heterocycles. The van der Waals surface area contributed by atoms with Gasteiger partial charge in [-0.05, 0) is 12.5 Å². The zero-order valence-corrected chi connectivity index (χ0v) is 12.7. The molecule has 20 heavy (non-hydrogen) atoms. The summed E-state index contributed by atoms with van der Waals surface area (Å²) in [5.74, 6) is 0. The van der Waals surface area contributed by atoms with Crippen molar-refractivity contribution in [2.24, 2.45) is 7.05 Å². The van der Waals surface area contributed by atoms with Crippen LogP contribution in [-0.2, 0) is 30.2 Å². The molecule has 0 radical (unpaired) electrons. The Bertz CT molecular complexity index is 674. The number of hydrogen-bond donors (Lipinski definition) is 0. The molecular weight excluding hydrogens is 278 g/mol. The number of sulfonamides is 1. The molecule has 2 rings (SSSR count). The molecule has 0 amide bonds. The van der Waals surface area contributed by atoms with Crippen molar-refractivity contribution < 1.29 is 8.42 Å². The first-order valence-corrected chi connectivity index (χ1v) is 7.85. The first-order valence-electron chi connectivity index (χ1n) is 6.41. The Labute approximate surface area is 118 Å². The van der Waals surface area contributed by atoms with E-state index in [1.165, 1.54) is 10.5 Å². The van der Waals surface area contributed by atoms with E-state index in [1.807, 2.05) is 6.92 Å². The summed E-state index contributed by atoms with van der Waals surface area (Å²) >= 11 is 0. The molecule has 0 aliphatic heterocycles. The van der Waals surface area contributed by atoms with E-state index in [0.717, 1.165) is 12.1 Å². The third-order valence-electron chi connectivity index (χ3n) is 3.08. The predicted molar refractivity (Wildman–Crippen MR) is 74.4 cm³/mol. The standard InChI is InChI=1S/C12H19N5O2S/c1-4-7-17-10-12(8-14-17)20(18,19)15(2)9-11-5-6-13-16(11)3/h5-6,8,10H,4,7,9H2,1-3H3. The molecule has 0 unspecified atom stereocenters. The zero-order valence-electron chi connectivity index (χ0n) is 11.9. The average Bonchev–Trinajstić information content (AvgIpc) is 3.00. The lowest BCUT2D eigenvalue weighted by atomic mass is 10.4. The van der Waals surface area contributed by atoms with Crippen molar-refractivity contribution in [1.29, 1.82) is 0 Å². The second kappa shape index (κ2) is 5.76. The first-order chi connectivity index (χ1) is 9.45. The summed E-state index contributed by atoms with van der Waals surface area (Å²) in [7, 11) is -0.179. The van der Waals surface area contributed by atoms with Crippen LogP contribution in [0.25, 0.3) is 0 Å². The SMILES string of the molecule is CCCn1cc(S(=O)(=O)N(C)Cc2ccnn2C)cn1. The fraction of sp³-hybridized carbons (Fsp3) is 0.500. The molecule has 2 aromatic heterocycles. The molecule has 0 fully saturated rings. The van der Waals surface area contributed by atoms with E-state index in [2.05, 4.69) is 10.2 Å². The Morgan fingerprint density at radius 2 is 2.10 bits per heavy atom. The fourth-order valence-electron chi connectivity index (χ4n) is 1.88. The molecule has 0 spiro atoms. The van der Waals surface area contributed by atoms with E-state index in [9.17, 15) is 8.42 Å². The lowest BCUT2D eigenvalue weighted by molar-refractivity contribution is 0.452. The van der Waals surface area contributed by atoms with E-state index >= 15 is 0 Å². The van der Waals surface area contributed by atoms with Gasteiger partial charge < -0.3 is 0 Å². The number of aromatic nitrogens is 4. The molecule has 0 N–H and O–H groups in total. The van der Waals surface area contributed by atoms with Crippen molar-refractivity contribution in [2.45, 2.75) is 31.3 Å². The maximum absolute atomic E-state index is 12.4. The van der Waals surface area contributed by atoms with Gasteiger partial charge in [0.05, 0.1) is 18.4 Å². The minimum atomic E-state index is -3.52. The van der Waals surface area contributed by atoms with E-state index in [-0.39, 0.29) is 11.4 Å². The molecule has 7 nitrogen and oxygen atoms in total. The van der Waals surface area contributed by atoms with Crippen LogP contribution in [0.15, 0.2) is 29.6 Å². The maximum Gasteiger partial charge on any atom is 0.246 e. The summed E-state index contributed by atoms with van der Waals surface area (Å²) in [6.45, 7) is 3.00. The van der Waals surface area contributed by atoms with Crippen molar-refractivity contribution in [1.82, 2.24) is 23.9 Å². The van der Waals surface area contributed by atoms with Crippen LogP contribution < -0.4 is 0 Å². The van der Waals surface area contributed by atoms with Crippen LogP contribution in [0.3, 0.4) is 0 Å². The first kappa shape index (κ1) is 14.7. The molecule has 0 saturated carbocycles. The summed E-state index contributed by atoms with van der Waals surface area (Å²) in [5.41, 5.74) is 0.831. The highest BCUT2D eigenvalue weighted by Gasteiger charge is 2.23. The lowest BCUT2D eigenvalue weighted by Crippen LogP contribution is -2.27. The molecule has 0 aliphatic rings. The molecule has 2 aromatic rings. The van der Waals surface area contributed by atoms with Crippen LogP contribution in [0.4, 0.5) is 0 Å². The van der Waals surface area contributed by atoms with Gasteiger partial charge in [-0.2, -0.15) is 14.5 Å². The second-order valence-corrected chi connectivity index (χ2v) is 6.69. The van der Waals surface area contributed by atoms with Gasteiger partial charge in [0.25, 0.3) is 0 Å². The maximum atomic E-state index is 12.4. The topological polar surface area (TPSA) is 73.0 Å². The van der Waals surface area contributed by atoms with Gasteiger partial charge in [-0.1, -0.05) is 6.92 Å². The number of rotatable bonds is 6. The van der Waals surface area contributed by atoms with Gasteiger partial charge in [-0.15, -0.1) is 0 Å². The van der Waals surface area contributed by atoms with Crippen LogP contribution >= 0.6 is 0 Å². The zero-order chi connectivity index (χ0) is 14.8. The molecule has 110 valence electrons. The third kappa shape index (κ3) is 2.91. The third-order valence-corrected chi connectivity index (χ3v) is 4.83. The van der Waals surface area contributed by atoms with Crippen LogP contribution in [0, 0.1) is 0 Å². The summed E-state index contributed by atoms with van der Waals surface area (Å²) in [4.78, 5) is 0.218. The van der Waals surface area contributed by atoms with E-state index in [4.69, 9.17) is 0 Å². The fourth-order valence-corrected chi connectivity index (χ4v) is 2.98. The minimum absolute atomic E-state index is 0.218. The highest BCUT2D eigenvalue weighted by molar-refractivity contribution is 7.89. The van der Waals surface area contributed by atoms with Gasteiger partial charge >= 0.3 is 0 Å². The van der Waals surface area contributed by atoms with E-state index in [0.29, 0.717) is 6.54 Å². The van der Waals surface area contributed by atoms with Crippen molar-refractivity contribution >= 4 is 10.0 Å². The van der Waals surface area contributed by atoms with Gasteiger partial charge in [-0.25, -0.2) is 8.42 Å². The number of hydrogen-bond acceptors (Lipinski definition) is 4. The number of nitrogens with zero attached hydrogens (tertiary/aromatic N) is 5. The molecule has 0 bridgehead atoms.